The number of aryl methyl sites for hydroxylation is 2. The fourth-order valence-corrected chi connectivity index (χ4v) is 3.00. The van der Waals surface area contributed by atoms with E-state index in [9.17, 15) is 4.79 Å². The summed E-state index contributed by atoms with van der Waals surface area (Å²) in [5.41, 5.74) is 3.26. The number of para-hydroxylation sites is 1. The zero-order valence-electron chi connectivity index (χ0n) is 12.1. The number of likely N-dealkylation sites (N-methyl/N-ethyl adjacent to an activating group) is 1. The molecule has 0 bridgehead atoms. The summed E-state index contributed by atoms with van der Waals surface area (Å²) in [6.07, 6.45) is 0. The van der Waals surface area contributed by atoms with Crippen molar-refractivity contribution >= 4 is 22.9 Å². The molecule has 106 valence electrons. The van der Waals surface area contributed by atoms with Crippen molar-refractivity contribution in [1.82, 2.24) is 4.90 Å². The van der Waals surface area contributed by atoms with Crippen LogP contribution in [0.4, 0.5) is 5.69 Å². The molecule has 0 spiro atoms. The van der Waals surface area contributed by atoms with E-state index in [-0.39, 0.29) is 5.91 Å². The van der Waals surface area contributed by atoms with E-state index < -0.39 is 0 Å². The average molecular weight is 288 g/mol. The van der Waals surface area contributed by atoms with Gasteiger partial charge in [0.05, 0.1) is 6.54 Å². The molecule has 1 heterocycles. The summed E-state index contributed by atoms with van der Waals surface area (Å²) in [4.78, 5) is 15.4. The molecule has 2 aromatic rings. The van der Waals surface area contributed by atoms with Crippen molar-refractivity contribution in [2.75, 3.05) is 18.9 Å². The van der Waals surface area contributed by atoms with Gasteiger partial charge < -0.3 is 5.32 Å². The molecule has 3 nitrogen and oxygen atoms in total. The van der Waals surface area contributed by atoms with E-state index in [1.54, 1.807) is 11.3 Å². The van der Waals surface area contributed by atoms with Gasteiger partial charge in [-0.2, -0.15) is 0 Å². The van der Waals surface area contributed by atoms with Crippen molar-refractivity contribution in [3.05, 3.63) is 51.7 Å². The number of anilines is 1. The zero-order valence-corrected chi connectivity index (χ0v) is 13.0. The molecule has 0 atom stereocenters. The monoisotopic (exact) mass is 288 g/mol. The summed E-state index contributed by atoms with van der Waals surface area (Å²) in [6, 6.07) is 9.93. The summed E-state index contributed by atoms with van der Waals surface area (Å²) < 4.78 is 0. The van der Waals surface area contributed by atoms with Crippen LogP contribution < -0.4 is 5.32 Å². The standard InChI is InChI=1S/C16H20N2OS/c1-12-6-4-5-7-14(12)17-16(19)11-18(3)10-15-13(2)8-9-20-15/h4-9H,10-11H2,1-3H3,(H,17,19). The molecular weight excluding hydrogens is 268 g/mol. The Labute approximate surface area is 124 Å². The molecule has 0 aliphatic carbocycles. The minimum atomic E-state index is 0.0241. The van der Waals surface area contributed by atoms with Gasteiger partial charge in [-0.05, 0) is 49.5 Å². The first-order valence-electron chi connectivity index (χ1n) is 6.63. The van der Waals surface area contributed by atoms with Crippen molar-refractivity contribution in [3.8, 4) is 0 Å². The fourth-order valence-electron chi connectivity index (χ4n) is 2.02. The minimum Gasteiger partial charge on any atom is -0.325 e. The molecule has 1 aromatic heterocycles. The maximum Gasteiger partial charge on any atom is 0.238 e. The molecule has 1 aromatic carbocycles. The highest BCUT2D eigenvalue weighted by Gasteiger charge is 2.10. The van der Waals surface area contributed by atoms with Crippen molar-refractivity contribution in [2.24, 2.45) is 0 Å². The van der Waals surface area contributed by atoms with Crippen LogP contribution in [0.5, 0.6) is 0 Å². The van der Waals surface area contributed by atoms with Crippen LogP contribution in [-0.2, 0) is 11.3 Å². The number of nitrogens with one attached hydrogen (secondary N) is 1. The average Bonchev–Trinajstić information content (AvgIpc) is 2.77. The number of carbonyl (C=O) groups excluding carboxylic acids is 1. The number of rotatable bonds is 5. The summed E-state index contributed by atoms with van der Waals surface area (Å²) in [5, 5.41) is 5.05. The molecule has 0 saturated heterocycles. The summed E-state index contributed by atoms with van der Waals surface area (Å²) in [5.74, 6) is 0.0241. The third kappa shape index (κ3) is 3.92. The first-order chi connectivity index (χ1) is 9.56. The quantitative estimate of drug-likeness (QED) is 0.914. The number of thiophene rings is 1. The molecule has 0 aliphatic heterocycles. The number of benzene rings is 1. The van der Waals surface area contributed by atoms with Crippen LogP contribution in [0.15, 0.2) is 35.7 Å². The number of carbonyl (C=O) groups is 1. The van der Waals surface area contributed by atoms with E-state index in [1.807, 2.05) is 43.1 Å². The largest absolute Gasteiger partial charge is 0.325 e. The van der Waals surface area contributed by atoms with Gasteiger partial charge in [-0.15, -0.1) is 11.3 Å². The Hall–Kier alpha value is -1.65. The third-order valence-electron chi connectivity index (χ3n) is 3.21. The maximum atomic E-state index is 12.0. The summed E-state index contributed by atoms with van der Waals surface area (Å²) in [7, 11) is 1.97. The van der Waals surface area contributed by atoms with E-state index in [2.05, 4.69) is 23.7 Å². The second-order valence-electron chi connectivity index (χ2n) is 5.06. The van der Waals surface area contributed by atoms with Crippen LogP contribution >= 0.6 is 11.3 Å². The Bertz CT molecular complexity index is 592. The van der Waals surface area contributed by atoms with Crippen molar-refractivity contribution < 1.29 is 4.79 Å². The second kappa shape index (κ2) is 6.68. The molecule has 1 amide bonds. The van der Waals surface area contributed by atoms with Gasteiger partial charge in [0.15, 0.2) is 0 Å². The lowest BCUT2D eigenvalue weighted by Gasteiger charge is -2.16. The number of amides is 1. The van der Waals surface area contributed by atoms with E-state index >= 15 is 0 Å². The first-order valence-corrected chi connectivity index (χ1v) is 7.51. The van der Waals surface area contributed by atoms with Crippen LogP contribution in [0.1, 0.15) is 16.0 Å². The van der Waals surface area contributed by atoms with Crippen LogP contribution in [0.2, 0.25) is 0 Å². The highest BCUT2D eigenvalue weighted by Crippen LogP contribution is 2.17. The number of hydrogen-bond donors (Lipinski definition) is 1. The van der Waals surface area contributed by atoms with Crippen LogP contribution in [0, 0.1) is 13.8 Å². The van der Waals surface area contributed by atoms with Crippen LogP contribution in [0.25, 0.3) is 0 Å². The maximum absolute atomic E-state index is 12.0. The normalized spacial score (nSPS) is 10.8. The first kappa shape index (κ1) is 14.8. The topological polar surface area (TPSA) is 32.3 Å². The number of hydrogen-bond acceptors (Lipinski definition) is 3. The molecule has 0 fully saturated rings. The Morgan fingerprint density at radius 3 is 2.60 bits per heavy atom. The Kier molecular flexibility index (Phi) is 4.93. The van der Waals surface area contributed by atoms with Gasteiger partial charge in [-0.3, -0.25) is 9.69 Å². The van der Waals surface area contributed by atoms with Gasteiger partial charge in [0, 0.05) is 17.1 Å². The Morgan fingerprint density at radius 1 is 1.20 bits per heavy atom. The Morgan fingerprint density at radius 2 is 1.95 bits per heavy atom. The molecule has 4 heteroatoms. The second-order valence-corrected chi connectivity index (χ2v) is 6.06. The third-order valence-corrected chi connectivity index (χ3v) is 4.22. The molecule has 2 rings (SSSR count). The van der Waals surface area contributed by atoms with Gasteiger partial charge in [-0.25, -0.2) is 0 Å². The van der Waals surface area contributed by atoms with E-state index in [0.717, 1.165) is 17.8 Å². The molecular formula is C16H20N2OS. The highest BCUT2D eigenvalue weighted by atomic mass is 32.1. The fraction of sp³-hybridized carbons (Fsp3) is 0.312. The molecule has 0 radical (unpaired) electrons. The van der Waals surface area contributed by atoms with Crippen molar-refractivity contribution in [3.63, 3.8) is 0 Å². The summed E-state index contributed by atoms with van der Waals surface area (Å²) in [6.45, 7) is 5.30. The van der Waals surface area contributed by atoms with Gasteiger partial charge in [0.1, 0.15) is 0 Å². The lowest BCUT2D eigenvalue weighted by Crippen LogP contribution is -2.29. The lowest BCUT2D eigenvalue weighted by atomic mass is 10.2. The summed E-state index contributed by atoms with van der Waals surface area (Å²) >= 11 is 1.74. The van der Waals surface area contributed by atoms with Gasteiger partial charge in [0.2, 0.25) is 5.91 Å². The molecule has 1 N–H and O–H groups in total. The van der Waals surface area contributed by atoms with E-state index in [1.165, 1.54) is 10.4 Å². The molecule has 20 heavy (non-hydrogen) atoms. The van der Waals surface area contributed by atoms with E-state index in [4.69, 9.17) is 0 Å². The van der Waals surface area contributed by atoms with Crippen molar-refractivity contribution in [1.29, 1.82) is 0 Å². The lowest BCUT2D eigenvalue weighted by molar-refractivity contribution is -0.117. The van der Waals surface area contributed by atoms with Crippen molar-refractivity contribution in [2.45, 2.75) is 20.4 Å². The zero-order chi connectivity index (χ0) is 14.5. The predicted octanol–water partition coefficient (Wildman–Crippen LogP) is 3.44. The SMILES string of the molecule is Cc1ccccc1NC(=O)CN(C)Cc1sccc1C. The molecule has 0 saturated carbocycles. The van der Waals surface area contributed by atoms with Crippen LogP contribution in [0.3, 0.4) is 0 Å². The predicted molar refractivity (Wildman–Crippen MR) is 85.2 cm³/mol. The van der Waals surface area contributed by atoms with E-state index in [0.29, 0.717) is 6.54 Å². The Balaban J connectivity index is 1.88. The number of nitrogens with zero attached hydrogens (tertiary/aromatic N) is 1. The molecule has 0 unspecified atom stereocenters. The smallest absolute Gasteiger partial charge is 0.238 e. The highest BCUT2D eigenvalue weighted by molar-refractivity contribution is 7.10. The van der Waals surface area contributed by atoms with Gasteiger partial charge in [-0.1, -0.05) is 18.2 Å². The molecule has 0 aliphatic rings. The minimum absolute atomic E-state index is 0.0241. The van der Waals surface area contributed by atoms with Gasteiger partial charge in [0.25, 0.3) is 0 Å². The van der Waals surface area contributed by atoms with Gasteiger partial charge >= 0.3 is 0 Å². The van der Waals surface area contributed by atoms with Crippen LogP contribution in [-0.4, -0.2) is 24.4 Å².